The molecular weight excluding hydrogens is 254 g/mol. The van der Waals surface area contributed by atoms with Gasteiger partial charge in [0.05, 0.1) is 6.42 Å². The van der Waals surface area contributed by atoms with Crippen molar-refractivity contribution in [3.05, 3.63) is 58.3 Å². The Bertz CT molecular complexity index is 505. The fourth-order valence-corrected chi connectivity index (χ4v) is 2.70. The third-order valence-corrected chi connectivity index (χ3v) is 3.92. The minimum atomic E-state index is 0.196. The second-order valence-electron chi connectivity index (χ2n) is 4.86. The second-order valence-corrected chi connectivity index (χ2v) is 5.89. The predicted molar refractivity (Wildman–Crippen MR) is 80.2 cm³/mol. The Morgan fingerprint density at radius 3 is 2.47 bits per heavy atom. The highest BCUT2D eigenvalue weighted by molar-refractivity contribution is 7.10. The SMILES string of the molecule is CC(C)N(Cc1ccccc1)C(=O)Cc1cccs1. The molecule has 1 heterocycles. The van der Waals surface area contributed by atoms with Gasteiger partial charge in [-0.2, -0.15) is 0 Å². The lowest BCUT2D eigenvalue weighted by Gasteiger charge is -2.27. The lowest BCUT2D eigenvalue weighted by Crippen LogP contribution is -2.37. The topological polar surface area (TPSA) is 20.3 Å². The van der Waals surface area contributed by atoms with E-state index >= 15 is 0 Å². The molecule has 3 heteroatoms. The zero-order valence-electron chi connectivity index (χ0n) is 11.4. The second kappa shape index (κ2) is 6.53. The van der Waals surface area contributed by atoms with Crippen molar-refractivity contribution in [2.75, 3.05) is 0 Å². The van der Waals surface area contributed by atoms with Crippen LogP contribution in [0.4, 0.5) is 0 Å². The maximum atomic E-state index is 12.4. The summed E-state index contributed by atoms with van der Waals surface area (Å²) in [7, 11) is 0. The van der Waals surface area contributed by atoms with Gasteiger partial charge in [0.25, 0.3) is 0 Å². The first-order chi connectivity index (χ1) is 9.16. The summed E-state index contributed by atoms with van der Waals surface area (Å²) in [5, 5.41) is 2.01. The van der Waals surface area contributed by atoms with Crippen molar-refractivity contribution in [2.24, 2.45) is 0 Å². The number of rotatable bonds is 5. The summed E-state index contributed by atoms with van der Waals surface area (Å²) >= 11 is 1.64. The molecule has 1 aromatic heterocycles. The summed E-state index contributed by atoms with van der Waals surface area (Å²) in [6.07, 6.45) is 0.503. The van der Waals surface area contributed by atoms with Gasteiger partial charge in [-0.3, -0.25) is 4.79 Å². The molecule has 2 nitrogen and oxygen atoms in total. The molecule has 0 atom stereocenters. The maximum absolute atomic E-state index is 12.4. The van der Waals surface area contributed by atoms with Crippen molar-refractivity contribution in [1.29, 1.82) is 0 Å². The standard InChI is InChI=1S/C16H19NOS/c1-13(2)17(12-14-7-4-3-5-8-14)16(18)11-15-9-6-10-19-15/h3-10,13H,11-12H2,1-2H3. The van der Waals surface area contributed by atoms with Gasteiger partial charge in [0.2, 0.25) is 5.91 Å². The third kappa shape index (κ3) is 3.93. The van der Waals surface area contributed by atoms with E-state index < -0.39 is 0 Å². The van der Waals surface area contributed by atoms with Crippen molar-refractivity contribution in [3.8, 4) is 0 Å². The molecule has 100 valence electrons. The van der Waals surface area contributed by atoms with Crippen LogP contribution in [0.5, 0.6) is 0 Å². The first-order valence-corrected chi connectivity index (χ1v) is 7.40. The maximum Gasteiger partial charge on any atom is 0.228 e. The first kappa shape index (κ1) is 13.8. The van der Waals surface area contributed by atoms with Crippen molar-refractivity contribution < 1.29 is 4.79 Å². The Balaban J connectivity index is 2.05. The van der Waals surface area contributed by atoms with E-state index in [4.69, 9.17) is 0 Å². The number of amides is 1. The summed E-state index contributed by atoms with van der Waals surface area (Å²) in [4.78, 5) is 15.5. The summed E-state index contributed by atoms with van der Waals surface area (Å²) in [6, 6.07) is 14.4. The van der Waals surface area contributed by atoms with Gasteiger partial charge in [0.15, 0.2) is 0 Å². The van der Waals surface area contributed by atoms with Crippen molar-refractivity contribution >= 4 is 17.2 Å². The number of hydrogen-bond donors (Lipinski definition) is 0. The van der Waals surface area contributed by atoms with E-state index in [9.17, 15) is 4.79 Å². The molecule has 2 rings (SSSR count). The van der Waals surface area contributed by atoms with Crippen LogP contribution in [0.25, 0.3) is 0 Å². The Hall–Kier alpha value is -1.61. The summed E-state index contributed by atoms with van der Waals surface area (Å²) < 4.78 is 0. The van der Waals surface area contributed by atoms with E-state index in [1.165, 1.54) is 5.56 Å². The van der Waals surface area contributed by atoms with Crippen LogP contribution in [0.2, 0.25) is 0 Å². The molecule has 1 amide bonds. The van der Waals surface area contributed by atoms with Gasteiger partial charge >= 0.3 is 0 Å². The molecule has 2 aromatic rings. The molecule has 0 fully saturated rings. The number of nitrogens with zero attached hydrogens (tertiary/aromatic N) is 1. The molecule has 0 spiro atoms. The summed E-state index contributed by atoms with van der Waals surface area (Å²) in [6.45, 7) is 4.81. The van der Waals surface area contributed by atoms with E-state index in [0.29, 0.717) is 13.0 Å². The van der Waals surface area contributed by atoms with Gasteiger partial charge < -0.3 is 4.90 Å². The zero-order chi connectivity index (χ0) is 13.7. The van der Waals surface area contributed by atoms with Crippen LogP contribution in [0, 0.1) is 0 Å². The van der Waals surface area contributed by atoms with E-state index in [1.807, 2.05) is 40.6 Å². The highest BCUT2D eigenvalue weighted by atomic mass is 32.1. The smallest absolute Gasteiger partial charge is 0.228 e. The van der Waals surface area contributed by atoms with Gasteiger partial charge in [-0.05, 0) is 30.9 Å². The van der Waals surface area contributed by atoms with E-state index in [0.717, 1.165) is 4.88 Å². The molecule has 0 radical (unpaired) electrons. The molecule has 0 N–H and O–H groups in total. The van der Waals surface area contributed by atoms with Gasteiger partial charge in [-0.1, -0.05) is 36.4 Å². The van der Waals surface area contributed by atoms with Crippen LogP contribution >= 0.6 is 11.3 Å². The van der Waals surface area contributed by atoms with E-state index in [2.05, 4.69) is 26.0 Å². The van der Waals surface area contributed by atoms with Gasteiger partial charge in [0.1, 0.15) is 0 Å². The molecule has 0 bridgehead atoms. The van der Waals surface area contributed by atoms with Gasteiger partial charge in [-0.15, -0.1) is 11.3 Å². The molecule has 0 aliphatic heterocycles. The summed E-state index contributed by atoms with van der Waals surface area (Å²) in [5.41, 5.74) is 1.18. The average Bonchev–Trinajstić information content (AvgIpc) is 2.89. The van der Waals surface area contributed by atoms with Crippen LogP contribution in [0.15, 0.2) is 47.8 Å². The fourth-order valence-electron chi connectivity index (χ4n) is 2.00. The largest absolute Gasteiger partial charge is 0.336 e. The van der Waals surface area contributed by atoms with E-state index in [-0.39, 0.29) is 11.9 Å². The third-order valence-electron chi connectivity index (χ3n) is 3.04. The normalized spacial score (nSPS) is 10.7. The highest BCUT2D eigenvalue weighted by Crippen LogP contribution is 2.14. The zero-order valence-corrected chi connectivity index (χ0v) is 12.2. The van der Waals surface area contributed by atoms with Crippen LogP contribution in [-0.2, 0) is 17.8 Å². The number of benzene rings is 1. The lowest BCUT2D eigenvalue weighted by molar-refractivity contribution is -0.132. The Morgan fingerprint density at radius 2 is 1.89 bits per heavy atom. The molecule has 0 saturated heterocycles. The minimum Gasteiger partial charge on any atom is -0.336 e. The molecule has 0 aliphatic carbocycles. The Labute approximate surface area is 118 Å². The number of hydrogen-bond acceptors (Lipinski definition) is 2. The quantitative estimate of drug-likeness (QED) is 0.813. The number of thiophene rings is 1. The predicted octanol–water partition coefficient (Wildman–Crippen LogP) is 3.73. The fraction of sp³-hybridized carbons (Fsp3) is 0.312. The molecule has 1 aromatic carbocycles. The van der Waals surface area contributed by atoms with Crippen LogP contribution in [-0.4, -0.2) is 16.8 Å². The minimum absolute atomic E-state index is 0.196. The number of carbonyl (C=O) groups is 1. The van der Waals surface area contributed by atoms with Crippen molar-refractivity contribution in [2.45, 2.75) is 32.9 Å². The lowest BCUT2D eigenvalue weighted by atomic mass is 10.1. The molecule has 0 saturated carbocycles. The molecule has 19 heavy (non-hydrogen) atoms. The van der Waals surface area contributed by atoms with Crippen molar-refractivity contribution in [3.63, 3.8) is 0 Å². The monoisotopic (exact) mass is 273 g/mol. The number of carbonyl (C=O) groups excluding carboxylic acids is 1. The molecule has 0 unspecified atom stereocenters. The van der Waals surface area contributed by atoms with Crippen LogP contribution in [0.1, 0.15) is 24.3 Å². The van der Waals surface area contributed by atoms with Crippen LogP contribution < -0.4 is 0 Å². The summed E-state index contributed by atoms with van der Waals surface area (Å²) in [5.74, 6) is 0.196. The van der Waals surface area contributed by atoms with Gasteiger partial charge in [0, 0.05) is 17.5 Å². The average molecular weight is 273 g/mol. The molecular formula is C16H19NOS. The highest BCUT2D eigenvalue weighted by Gasteiger charge is 2.17. The van der Waals surface area contributed by atoms with E-state index in [1.54, 1.807) is 11.3 Å². The first-order valence-electron chi connectivity index (χ1n) is 6.52. The van der Waals surface area contributed by atoms with Crippen molar-refractivity contribution in [1.82, 2.24) is 4.90 Å². The van der Waals surface area contributed by atoms with Gasteiger partial charge in [-0.25, -0.2) is 0 Å². The van der Waals surface area contributed by atoms with Crippen LogP contribution in [0.3, 0.4) is 0 Å². The Kier molecular flexibility index (Phi) is 4.74. The Morgan fingerprint density at radius 1 is 1.16 bits per heavy atom. The molecule has 0 aliphatic rings.